The van der Waals surface area contributed by atoms with Crippen molar-refractivity contribution in [3.05, 3.63) is 71.8 Å². The van der Waals surface area contributed by atoms with Gasteiger partial charge >= 0.3 is 0 Å². The van der Waals surface area contributed by atoms with Gasteiger partial charge in [0.05, 0.1) is 16.6 Å². The van der Waals surface area contributed by atoms with E-state index in [-0.39, 0.29) is 17.0 Å². The van der Waals surface area contributed by atoms with E-state index >= 15 is 0 Å². The molecule has 0 heterocycles. The third kappa shape index (κ3) is 5.41. The lowest BCUT2D eigenvalue weighted by atomic mass is 10.0. The zero-order chi connectivity index (χ0) is 14.8. The summed E-state index contributed by atoms with van der Waals surface area (Å²) >= 11 is 0.0602. The van der Waals surface area contributed by atoms with Gasteiger partial charge in [-0.15, -0.1) is 0 Å². The number of hydrogen-bond acceptors (Lipinski definition) is 3. The van der Waals surface area contributed by atoms with Gasteiger partial charge in [0.15, 0.2) is 5.78 Å². The van der Waals surface area contributed by atoms with Gasteiger partial charge in [-0.05, 0) is 0 Å². The minimum absolute atomic E-state index is 0.0602. The smallest absolute Gasteiger partial charge is 0.254 e. The maximum absolute atomic E-state index is 11.8. The number of amides is 1. The second-order valence-electron chi connectivity index (χ2n) is 3.68. The summed E-state index contributed by atoms with van der Waals surface area (Å²) in [5, 5.41) is 0.792. The first-order valence-electron chi connectivity index (χ1n) is 5.71. The van der Waals surface area contributed by atoms with Crippen molar-refractivity contribution < 1.29 is 13.8 Å². The molecule has 2 N–H and O–H groups in total. The van der Waals surface area contributed by atoms with E-state index in [1.54, 1.807) is 0 Å². The van der Waals surface area contributed by atoms with Crippen molar-refractivity contribution in [3.63, 3.8) is 0 Å². The number of carbonyl (C=O) groups is 2. The molecule has 0 radical (unpaired) electrons. The Morgan fingerprint density at radius 2 is 1.25 bits per heavy atom. The topological polar surface area (TPSA) is 77.2 Å². The minimum Gasteiger partial charge on any atom is -0.365 e. The molecule has 0 spiro atoms. The Morgan fingerprint density at radius 3 is 1.50 bits per heavy atom. The van der Waals surface area contributed by atoms with Gasteiger partial charge < -0.3 is 5.73 Å². The molecule has 0 atom stereocenters. The fraction of sp³-hybridized carbons (Fsp3) is 0. The van der Waals surface area contributed by atoms with Gasteiger partial charge in [-0.25, -0.2) is 4.21 Å². The van der Waals surface area contributed by atoms with Gasteiger partial charge in [-0.1, -0.05) is 60.7 Å². The van der Waals surface area contributed by atoms with E-state index in [0.717, 1.165) is 16.5 Å². The van der Waals surface area contributed by atoms with Gasteiger partial charge in [-0.2, -0.15) is 0 Å². The highest BCUT2D eigenvalue weighted by Crippen LogP contribution is 2.08. The van der Waals surface area contributed by atoms with Crippen LogP contribution >= 0.6 is 0 Å². The average molecular weight is 287 g/mol. The van der Waals surface area contributed by atoms with Crippen LogP contribution in [-0.2, 0) is 16.1 Å². The fourth-order valence-corrected chi connectivity index (χ4v) is 1.49. The molecule has 2 aromatic rings. The van der Waals surface area contributed by atoms with Gasteiger partial charge in [0.2, 0.25) is 0 Å². The first-order chi connectivity index (χ1) is 9.65. The van der Waals surface area contributed by atoms with Crippen LogP contribution in [-0.4, -0.2) is 21.3 Å². The summed E-state index contributed by atoms with van der Waals surface area (Å²) < 4.78 is 9.30. The number of benzene rings is 2. The summed E-state index contributed by atoms with van der Waals surface area (Å²) in [4.78, 5) is 21.4. The maximum atomic E-state index is 11.8. The van der Waals surface area contributed by atoms with Crippen molar-refractivity contribution in [2.45, 2.75) is 0 Å². The Morgan fingerprint density at radius 1 is 0.850 bits per heavy atom. The third-order valence-corrected chi connectivity index (χ3v) is 2.56. The van der Waals surface area contributed by atoms with E-state index in [9.17, 15) is 13.8 Å². The first kappa shape index (κ1) is 15.5. The number of ketones is 1. The molecule has 0 saturated carbocycles. The highest BCUT2D eigenvalue weighted by atomic mass is 32.1. The molecule has 0 bridgehead atoms. The number of hydrogen-bond donors (Lipinski definition) is 1. The van der Waals surface area contributed by atoms with E-state index < -0.39 is 5.91 Å². The fourth-order valence-electron chi connectivity index (χ4n) is 1.39. The Kier molecular flexibility index (Phi) is 6.64. The van der Waals surface area contributed by atoms with Gasteiger partial charge in [0.1, 0.15) is 0 Å². The Labute approximate surface area is 120 Å². The standard InChI is InChI=1S/C13H10O.C2H3NO2S/c14-13(11-7-3-1-4-8-11)12-9-5-2-6-10-12;3-2(4)1-6-5/h1-10H;1H,(H2,3,4). The van der Waals surface area contributed by atoms with Crippen LogP contribution in [0.3, 0.4) is 0 Å². The molecular weight excluding hydrogens is 274 g/mol. The first-order valence-corrected chi connectivity index (χ1v) is 6.51. The van der Waals surface area contributed by atoms with Crippen LogP contribution in [0, 0.1) is 0 Å². The SMILES string of the molecule is NC(=O)C=S=O.O=C(c1ccccc1)c1ccccc1. The lowest BCUT2D eigenvalue weighted by Crippen LogP contribution is -2.10. The lowest BCUT2D eigenvalue weighted by Gasteiger charge is -1.99. The largest absolute Gasteiger partial charge is 0.365 e. The minimum atomic E-state index is -0.685. The van der Waals surface area contributed by atoms with Crippen LogP contribution in [0.15, 0.2) is 60.7 Å². The number of rotatable bonds is 3. The molecule has 0 aliphatic heterocycles. The van der Waals surface area contributed by atoms with Crippen LogP contribution in [0.2, 0.25) is 0 Å². The molecule has 0 unspecified atom stereocenters. The molecule has 2 rings (SSSR count). The van der Waals surface area contributed by atoms with Crippen LogP contribution in [0.4, 0.5) is 0 Å². The van der Waals surface area contributed by atoms with Crippen molar-refractivity contribution >= 4 is 28.3 Å². The van der Waals surface area contributed by atoms with E-state index in [4.69, 9.17) is 0 Å². The maximum Gasteiger partial charge on any atom is 0.254 e. The molecule has 0 aromatic heterocycles. The van der Waals surface area contributed by atoms with E-state index in [0.29, 0.717) is 0 Å². The molecule has 5 heteroatoms. The number of nitrogens with two attached hydrogens (primary N) is 1. The highest BCUT2D eigenvalue weighted by Gasteiger charge is 2.06. The molecule has 102 valence electrons. The Bertz CT molecular complexity index is 579. The second-order valence-corrected chi connectivity index (χ2v) is 4.11. The molecular formula is C15H13NO3S. The van der Waals surface area contributed by atoms with Crippen LogP contribution in [0.5, 0.6) is 0 Å². The summed E-state index contributed by atoms with van der Waals surface area (Å²) in [5.41, 5.74) is 5.96. The zero-order valence-electron chi connectivity index (χ0n) is 10.6. The van der Waals surface area contributed by atoms with Gasteiger partial charge in [-0.3, -0.25) is 9.59 Å². The average Bonchev–Trinajstić information content (AvgIpc) is 2.49. The quantitative estimate of drug-likeness (QED) is 0.685. The number of primary amides is 1. The highest BCUT2D eigenvalue weighted by molar-refractivity contribution is 7.66. The van der Waals surface area contributed by atoms with Crippen molar-refractivity contribution in [1.82, 2.24) is 0 Å². The molecule has 4 nitrogen and oxygen atoms in total. The molecule has 20 heavy (non-hydrogen) atoms. The van der Waals surface area contributed by atoms with Gasteiger partial charge in [0, 0.05) is 11.1 Å². The predicted molar refractivity (Wildman–Crippen MR) is 79.7 cm³/mol. The molecule has 0 aliphatic rings. The zero-order valence-corrected chi connectivity index (χ0v) is 11.4. The normalized spacial score (nSPS) is 8.80. The summed E-state index contributed by atoms with van der Waals surface area (Å²) in [6, 6.07) is 18.6. The second kappa shape index (κ2) is 8.55. The summed E-state index contributed by atoms with van der Waals surface area (Å²) in [7, 11) is 0. The van der Waals surface area contributed by atoms with Crippen molar-refractivity contribution in [2.75, 3.05) is 0 Å². The van der Waals surface area contributed by atoms with E-state index in [1.165, 1.54) is 0 Å². The van der Waals surface area contributed by atoms with Crippen molar-refractivity contribution in [2.24, 2.45) is 5.73 Å². The van der Waals surface area contributed by atoms with Crippen LogP contribution < -0.4 is 5.73 Å². The predicted octanol–water partition coefficient (Wildman–Crippen LogP) is 1.40. The molecule has 1 amide bonds. The lowest BCUT2D eigenvalue weighted by molar-refractivity contribution is -0.111. The van der Waals surface area contributed by atoms with Gasteiger partial charge in [0.25, 0.3) is 5.91 Å². The molecule has 0 saturated heterocycles. The molecule has 0 fully saturated rings. The third-order valence-electron chi connectivity index (χ3n) is 2.24. The Hall–Kier alpha value is -2.53. The summed E-state index contributed by atoms with van der Waals surface area (Å²) in [5.74, 6) is -0.610. The summed E-state index contributed by atoms with van der Waals surface area (Å²) in [6.07, 6.45) is 0. The number of carbonyl (C=O) groups excluding carboxylic acids is 2. The summed E-state index contributed by atoms with van der Waals surface area (Å²) in [6.45, 7) is 0. The van der Waals surface area contributed by atoms with Crippen LogP contribution in [0.25, 0.3) is 0 Å². The molecule has 2 aromatic carbocycles. The van der Waals surface area contributed by atoms with Crippen molar-refractivity contribution in [3.8, 4) is 0 Å². The van der Waals surface area contributed by atoms with Crippen molar-refractivity contribution in [1.29, 1.82) is 0 Å². The van der Waals surface area contributed by atoms with E-state index in [2.05, 4.69) is 5.73 Å². The van der Waals surface area contributed by atoms with E-state index in [1.807, 2.05) is 60.7 Å². The molecule has 0 aliphatic carbocycles. The van der Waals surface area contributed by atoms with Crippen LogP contribution in [0.1, 0.15) is 15.9 Å². The Balaban J connectivity index is 0.000000286. The monoisotopic (exact) mass is 287 g/mol.